The molecule has 0 unspecified atom stereocenters. The van der Waals surface area contributed by atoms with Crippen molar-refractivity contribution in [2.45, 2.75) is 20.3 Å². The molecule has 0 heterocycles. The van der Waals surface area contributed by atoms with Gasteiger partial charge in [-0.15, -0.1) is 0 Å². The minimum absolute atomic E-state index is 0.0839. The summed E-state index contributed by atoms with van der Waals surface area (Å²) in [6.07, 6.45) is 0.340. The van der Waals surface area contributed by atoms with Crippen molar-refractivity contribution in [2.24, 2.45) is 0 Å². The maximum atomic E-state index is 11.9. The third-order valence-electron chi connectivity index (χ3n) is 3.05. The zero-order valence-electron chi connectivity index (χ0n) is 11.6. The summed E-state index contributed by atoms with van der Waals surface area (Å²) in [5.74, 6) is -0.0839. The van der Waals surface area contributed by atoms with Crippen LogP contribution in [0, 0.1) is 13.8 Å². The molecule has 2 rings (SSSR count). The van der Waals surface area contributed by atoms with E-state index in [4.69, 9.17) is 12.2 Å². The Balaban J connectivity index is 1.95. The first-order valence-electron chi connectivity index (χ1n) is 6.51. The predicted molar refractivity (Wildman–Crippen MR) is 85.9 cm³/mol. The summed E-state index contributed by atoms with van der Waals surface area (Å²) in [5, 5.41) is 2.77. The molecule has 102 valence electrons. The zero-order valence-corrected chi connectivity index (χ0v) is 12.5. The monoisotopic (exact) mass is 283 g/mol. The largest absolute Gasteiger partial charge is 0.316 e. The van der Waals surface area contributed by atoms with Gasteiger partial charge in [-0.3, -0.25) is 4.79 Å². The van der Waals surface area contributed by atoms with Crippen LogP contribution in [0.15, 0.2) is 48.5 Å². The second-order valence-electron chi connectivity index (χ2n) is 4.91. The maximum absolute atomic E-state index is 11.9. The Labute approximate surface area is 124 Å². The fraction of sp³-hybridized carbons (Fsp3) is 0.176. The van der Waals surface area contributed by atoms with E-state index in [0.29, 0.717) is 11.4 Å². The number of nitrogens with one attached hydrogen (secondary N) is 1. The molecule has 20 heavy (non-hydrogen) atoms. The number of carbonyl (C=O) groups excluding carboxylic acids is 1. The van der Waals surface area contributed by atoms with Crippen molar-refractivity contribution in [2.75, 3.05) is 0 Å². The van der Waals surface area contributed by atoms with Gasteiger partial charge in [-0.1, -0.05) is 71.9 Å². The van der Waals surface area contributed by atoms with Gasteiger partial charge >= 0.3 is 0 Å². The molecule has 0 saturated heterocycles. The highest BCUT2D eigenvalue weighted by atomic mass is 32.1. The minimum Gasteiger partial charge on any atom is -0.316 e. The van der Waals surface area contributed by atoms with Crippen LogP contribution >= 0.6 is 12.2 Å². The Morgan fingerprint density at radius 3 is 2.00 bits per heavy atom. The second kappa shape index (κ2) is 6.44. The lowest BCUT2D eigenvalue weighted by Gasteiger charge is -2.07. The third-order valence-corrected chi connectivity index (χ3v) is 3.39. The van der Waals surface area contributed by atoms with Gasteiger partial charge in [-0.2, -0.15) is 0 Å². The van der Waals surface area contributed by atoms with Crippen molar-refractivity contribution in [3.8, 4) is 0 Å². The Morgan fingerprint density at radius 2 is 1.45 bits per heavy atom. The van der Waals surface area contributed by atoms with Gasteiger partial charge in [0.1, 0.15) is 4.99 Å². The molecular weight excluding hydrogens is 266 g/mol. The number of hydrogen-bond acceptors (Lipinski definition) is 2. The lowest BCUT2D eigenvalue weighted by atomic mass is 10.1. The molecule has 1 N–H and O–H groups in total. The van der Waals surface area contributed by atoms with Gasteiger partial charge in [0.25, 0.3) is 0 Å². The fourth-order valence-corrected chi connectivity index (χ4v) is 2.09. The van der Waals surface area contributed by atoms with Crippen LogP contribution in [0.1, 0.15) is 22.3 Å². The van der Waals surface area contributed by atoms with E-state index in [1.165, 1.54) is 11.1 Å². The van der Waals surface area contributed by atoms with Crippen LogP contribution in [0.2, 0.25) is 0 Å². The average Bonchev–Trinajstić information content (AvgIpc) is 2.42. The summed E-state index contributed by atoms with van der Waals surface area (Å²) in [5.41, 5.74) is 4.20. The first-order valence-corrected chi connectivity index (χ1v) is 6.92. The van der Waals surface area contributed by atoms with E-state index in [1.54, 1.807) is 0 Å². The third kappa shape index (κ3) is 4.00. The van der Waals surface area contributed by atoms with Gasteiger partial charge in [-0.05, 0) is 19.4 Å². The highest BCUT2D eigenvalue weighted by molar-refractivity contribution is 7.80. The van der Waals surface area contributed by atoms with Gasteiger partial charge in [0.15, 0.2) is 0 Å². The standard InChI is InChI=1S/C17H17NOS/c1-12-3-7-14(8-4-12)11-16(19)18-17(20)15-9-5-13(2)6-10-15/h3-10H,11H2,1-2H3,(H,18,19,20). The number of rotatable bonds is 3. The molecule has 1 amide bonds. The summed E-state index contributed by atoms with van der Waals surface area (Å²) in [6.45, 7) is 4.04. The van der Waals surface area contributed by atoms with Crippen LogP contribution in [-0.4, -0.2) is 10.9 Å². The Kier molecular flexibility index (Phi) is 4.64. The van der Waals surface area contributed by atoms with Gasteiger partial charge in [0.05, 0.1) is 6.42 Å². The van der Waals surface area contributed by atoms with Crippen molar-refractivity contribution >= 4 is 23.1 Å². The predicted octanol–water partition coefficient (Wildman–Crippen LogP) is 3.34. The molecule has 2 nitrogen and oxygen atoms in total. The van der Waals surface area contributed by atoms with Crippen LogP contribution in [0.25, 0.3) is 0 Å². The first-order chi connectivity index (χ1) is 9.54. The summed E-state index contributed by atoms with van der Waals surface area (Å²) in [4.78, 5) is 12.4. The van der Waals surface area contributed by atoms with Crippen LogP contribution in [0.4, 0.5) is 0 Å². The lowest BCUT2D eigenvalue weighted by molar-refractivity contribution is -0.119. The zero-order chi connectivity index (χ0) is 14.5. The normalized spacial score (nSPS) is 10.1. The number of benzene rings is 2. The van der Waals surface area contributed by atoms with Crippen LogP contribution < -0.4 is 5.32 Å². The molecule has 3 heteroatoms. The Hall–Kier alpha value is -2.00. The smallest absolute Gasteiger partial charge is 0.229 e. The molecule has 0 saturated carbocycles. The second-order valence-corrected chi connectivity index (χ2v) is 5.31. The maximum Gasteiger partial charge on any atom is 0.229 e. The molecule has 2 aromatic rings. The SMILES string of the molecule is Cc1ccc(CC(=O)NC(=S)c2ccc(C)cc2)cc1. The molecule has 0 bridgehead atoms. The summed E-state index contributed by atoms with van der Waals surface area (Å²) in [6, 6.07) is 15.7. The number of thiocarbonyl (C=S) groups is 1. The molecule has 0 fully saturated rings. The molecule has 0 atom stereocenters. The van der Waals surface area contributed by atoms with Crippen LogP contribution in [-0.2, 0) is 11.2 Å². The highest BCUT2D eigenvalue weighted by Gasteiger charge is 2.07. The van der Waals surface area contributed by atoms with Crippen LogP contribution in [0.5, 0.6) is 0 Å². The van der Waals surface area contributed by atoms with Gasteiger partial charge in [0.2, 0.25) is 5.91 Å². The van der Waals surface area contributed by atoms with Crippen molar-refractivity contribution in [1.29, 1.82) is 0 Å². The summed E-state index contributed by atoms with van der Waals surface area (Å²) < 4.78 is 0. The van der Waals surface area contributed by atoms with Crippen molar-refractivity contribution in [1.82, 2.24) is 5.32 Å². The first kappa shape index (κ1) is 14.4. The highest BCUT2D eigenvalue weighted by Crippen LogP contribution is 2.06. The minimum atomic E-state index is -0.0839. The van der Waals surface area contributed by atoms with Crippen molar-refractivity contribution in [3.63, 3.8) is 0 Å². The van der Waals surface area contributed by atoms with Crippen molar-refractivity contribution < 1.29 is 4.79 Å². The van der Waals surface area contributed by atoms with E-state index in [0.717, 1.165) is 11.1 Å². The van der Waals surface area contributed by atoms with E-state index in [1.807, 2.05) is 62.4 Å². The number of hydrogen-bond donors (Lipinski definition) is 1. The van der Waals surface area contributed by atoms with Crippen molar-refractivity contribution in [3.05, 3.63) is 70.8 Å². The number of amides is 1. The van der Waals surface area contributed by atoms with E-state index in [9.17, 15) is 4.79 Å². The molecule has 0 aliphatic carbocycles. The quantitative estimate of drug-likeness (QED) is 0.875. The molecule has 2 aromatic carbocycles. The topological polar surface area (TPSA) is 29.1 Å². The molecule has 0 aromatic heterocycles. The Morgan fingerprint density at radius 1 is 0.950 bits per heavy atom. The van der Waals surface area contributed by atoms with Gasteiger partial charge in [0, 0.05) is 5.56 Å². The molecular formula is C17H17NOS. The molecule has 0 spiro atoms. The van der Waals surface area contributed by atoms with E-state index < -0.39 is 0 Å². The van der Waals surface area contributed by atoms with E-state index >= 15 is 0 Å². The summed E-state index contributed by atoms with van der Waals surface area (Å²) in [7, 11) is 0. The van der Waals surface area contributed by atoms with Gasteiger partial charge < -0.3 is 5.32 Å². The molecule has 0 radical (unpaired) electrons. The fourth-order valence-electron chi connectivity index (χ4n) is 1.84. The van der Waals surface area contributed by atoms with Gasteiger partial charge in [-0.25, -0.2) is 0 Å². The Bertz CT molecular complexity index is 614. The lowest BCUT2D eigenvalue weighted by Crippen LogP contribution is -2.30. The molecule has 0 aliphatic heterocycles. The number of carbonyl (C=O) groups is 1. The number of aryl methyl sites for hydroxylation is 2. The van der Waals surface area contributed by atoms with E-state index in [-0.39, 0.29) is 5.91 Å². The van der Waals surface area contributed by atoms with E-state index in [2.05, 4.69) is 5.32 Å². The van der Waals surface area contributed by atoms with Crippen LogP contribution in [0.3, 0.4) is 0 Å². The molecule has 0 aliphatic rings. The summed E-state index contributed by atoms with van der Waals surface area (Å²) >= 11 is 5.25. The average molecular weight is 283 g/mol.